The summed E-state index contributed by atoms with van der Waals surface area (Å²) in [7, 11) is 0. The van der Waals surface area contributed by atoms with Crippen LogP contribution in [0, 0.1) is 5.92 Å². The summed E-state index contributed by atoms with van der Waals surface area (Å²) in [6, 6.07) is 0. The molecule has 0 aromatic carbocycles. The van der Waals surface area contributed by atoms with E-state index in [1.165, 1.54) is 0 Å². The Labute approximate surface area is 130 Å². The molecule has 0 aromatic heterocycles. The van der Waals surface area contributed by atoms with Gasteiger partial charge in [-0.1, -0.05) is 0 Å². The van der Waals surface area contributed by atoms with E-state index in [9.17, 15) is 14.4 Å². The van der Waals surface area contributed by atoms with E-state index in [1.807, 2.05) is 0 Å². The average molecular weight is 309 g/mol. The maximum atomic E-state index is 12.5. The van der Waals surface area contributed by atoms with Crippen molar-refractivity contribution in [1.29, 1.82) is 0 Å². The van der Waals surface area contributed by atoms with Gasteiger partial charge in [0, 0.05) is 52.3 Å². The molecule has 3 fully saturated rings. The van der Waals surface area contributed by atoms with Crippen molar-refractivity contribution in [2.24, 2.45) is 5.92 Å². The third kappa shape index (κ3) is 3.24. The Morgan fingerprint density at radius 3 is 2.68 bits per heavy atom. The predicted molar refractivity (Wildman–Crippen MR) is 77.9 cm³/mol. The summed E-state index contributed by atoms with van der Waals surface area (Å²) < 4.78 is 5.57. The van der Waals surface area contributed by atoms with E-state index in [1.54, 1.807) is 14.7 Å². The number of amides is 3. The number of hydrogen-bond acceptors (Lipinski definition) is 4. The lowest BCUT2D eigenvalue weighted by atomic mass is 10.1. The minimum atomic E-state index is -0.239. The van der Waals surface area contributed by atoms with Gasteiger partial charge >= 0.3 is 0 Å². The molecular formula is C15H23N3O4. The van der Waals surface area contributed by atoms with Crippen molar-refractivity contribution >= 4 is 18.2 Å². The van der Waals surface area contributed by atoms with Crippen molar-refractivity contribution in [2.45, 2.75) is 25.4 Å². The largest absolute Gasteiger partial charge is 0.376 e. The Morgan fingerprint density at radius 1 is 1.27 bits per heavy atom. The number of carbonyl (C=O) groups excluding carboxylic acids is 3. The van der Waals surface area contributed by atoms with Gasteiger partial charge in [0.1, 0.15) is 0 Å². The number of hydrogen-bond donors (Lipinski definition) is 0. The molecular weight excluding hydrogens is 286 g/mol. The molecule has 0 aromatic rings. The first-order chi connectivity index (χ1) is 10.7. The monoisotopic (exact) mass is 309 g/mol. The van der Waals surface area contributed by atoms with Gasteiger partial charge in [-0.15, -0.1) is 0 Å². The zero-order valence-electron chi connectivity index (χ0n) is 12.8. The van der Waals surface area contributed by atoms with Crippen LogP contribution in [0.3, 0.4) is 0 Å². The fraction of sp³-hybridized carbons (Fsp3) is 0.800. The average Bonchev–Trinajstić information content (AvgIpc) is 3.18. The molecule has 3 saturated heterocycles. The zero-order chi connectivity index (χ0) is 15.5. The van der Waals surface area contributed by atoms with E-state index in [0.29, 0.717) is 45.7 Å². The third-order valence-corrected chi connectivity index (χ3v) is 4.79. The number of carbonyl (C=O) groups is 3. The van der Waals surface area contributed by atoms with Gasteiger partial charge < -0.3 is 19.4 Å². The van der Waals surface area contributed by atoms with E-state index < -0.39 is 0 Å². The highest BCUT2D eigenvalue weighted by Crippen LogP contribution is 2.23. The van der Waals surface area contributed by atoms with Crippen molar-refractivity contribution in [3.05, 3.63) is 0 Å². The van der Waals surface area contributed by atoms with Gasteiger partial charge in [0.05, 0.1) is 12.0 Å². The minimum absolute atomic E-state index is 0.0498. The molecule has 3 heterocycles. The third-order valence-electron chi connectivity index (χ3n) is 4.79. The molecule has 3 rings (SSSR count). The lowest BCUT2D eigenvalue weighted by Gasteiger charge is -2.34. The SMILES string of the molecule is O=CN1CCN(C(=O)C2CC(=O)N(CC3CCCO3)C2)CC1. The van der Waals surface area contributed by atoms with Gasteiger partial charge in [0.2, 0.25) is 18.2 Å². The summed E-state index contributed by atoms with van der Waals surface area (Å²) in [5.74, 6) is -0.134. The highest BCUT2D eigenvalue weighted by Gasteiger charge is 2.38. The van der Waals surface area contributed by atoms with Crippen LogP contribution in [0.5, 0.6) is 0 Å². The number of nitrogens with zero attached hydrogens (tertiary/aromatic N) is 3. The Kier molecular flexibility index (Phi) is 4.61. The molecule has 2 unspecified atom stereocenters. The highest BCUT2D eigenvalue weighted by atomic mass is 16.5. The lowest BCUT2D eigenvalue weighted by molar-refractivity contribution is -0.139. The molecule has 0 spiro atoms. The van der Waals surface area contributed by atoms with Gasteiger partial charge in [-0.2, -0.15) is 0 Å². The van der Waals surface area contributed by atoms with Gasteiger partial charge in [-0.3, -0.25) is 14.4 Å². The second-order valence-corrected chi connectivity index (χ2v) is 6.30. The van der Waals surface area contributed by atoms with Crippen LogP contribution in [0.4, 0.5) is 0 Å². The van der Waals surface area contributed by atoms with E-state index in [2.05, 4.69) is 0 Å². The Morgan fingerprint density at radius 2 is 2.05 bits per heavy atom. The molecule has 3 amide bonds. The maximum absolute atomic E-state index is 12.5. The topological polar surface area (TPSA) is 70.2 Å². The van der Waals surface area contributed by atoms with Crippen molar-refractivity contribution in [3.8, 4) is 0 Å². The molecule has 0 aliphatic carbocycles. The lowest BCUT2D eigenvalue weighted by Crippen LogP contribution is -2.50. The second-order valence-electron chi connectivity index (χ2n) is 6.30. The van der Waals surface area contributed by atoms with E-state index in [-0.39, 0.29) is 23.8 Å². The quantitative estimate of drug-likeness (QED) is 0.645. The van der Waals surface area contributed by atoms with Crippen LogP contribution in [0.2, 0.25) is 0 Å². The number of likely N-dealkylation sites (tertiary alicyclic amines) is 1. The fourth-order valence-corrected chi connectivity index (χ4v) is 3.45. The second kappa shape index (κ2) is 6.64. The molecule has 22 heavy (non-hydrogen) atoms. The molecule has 2 atom stereocenters. The minimum Gasteiger partial charge on any atom is -0.376 e. The smallest absolute Gasteiger partial charge is 0.228 e. The number of piperazine rings is 1. The zero-order valence-corrected chi connectivity index (χ0v) is 12.8. The van der Waals surface area contributed by atoms with Gasteiger partial charge in [0.25, 0.3) is 0 Å². The van der Waals surface area contributed by atoms with Crippen LogP contribution in [0.1, 0.15) is 19.3 Å². The van der Waals surface area contributed by atoms with E-state index in [0.717, 1.165) is 25.9 Å². The first kappa shape index (κ1) is 15.3. The van der Waals surface area contributed by atoms with Crippen LogP contribution in [0.15, 0.2) is 0 Å². The first-order valence-electron chi connectivity index (χ1n) is 8.05. The maximum Gasteiger partial charge on any atom is 0.228 e. The van der Waals surface area contributed by atoms with Crippen LogP contribution in [-0.2, 0) is 19.1 Å². The van der Waals surface area contributed by atoms with E-state index >= 15 is 0 Å². The molecule has 122 valence electrons. The van der Waals surface area contributed by atoms with Crippen molar-refractivity contribution in [3.63, 3.8) is 0 Å². The van der Waals surface area contributed by atoms with Gasteiger partial charge in [0.15, 0.2) is 0 Å². The van der Waals surface area contributed by atoms with E-state index in [4.69, 9.17) is 4.74 Å². The summed E-state index contributed by atoms with van der Waals surface area (Å²) in [5, 5.41) is 0. The summed E-state index contributed by atoms with van der Waals surface area (Å²) in [6.45, 7) is 4.18. The molecule has 3 aliphatic heterocycles. The van der Waals surface area contributed by atoms with Crippen LogP contribution < -0.4 is 0 Å². The van der Waals surface area contributed by atoms with Crippen LogP contribution in [-0.4, -0.2) is 84.9 Å². The Hall–Kier alpha value is -1.63. The van der Waals surface area contributed by atoms with Crippen LogP contribution in [0.25, 0.3) is 0 Å². The molecule has 7 heteroatoms. The molecule has 3 aliphatic rings. The van der Waals surface area contributed by atoms with Crippen molar-refractivity contribution in [2.75, 3.05) is 45.9 Å². The van der Waals surface area contributed by atoms with Gasteiger partial charge in [-0.25, -0.2) is 0 Å². The standard InChI is InChI=1S/C15H23N3O4/c19-11-16-3-5-17(6-4-16)15(21)12-8-14(20)18(9-12)10-13-2-1-7-22-13/h11-13H,1-10H2. The highest BCUT2D eigenvalue weighted by molar-refractivity contribution is 5.89. The Balaban J connectivity index is 1.51. The Bertz CT molecular complexity index is 442. The van der Waals surface area contributed by atoms with Crippen molar-refractivity contribution in [1.82, 2.24) is 14.7 Å². The van der Waals surface area contributed by atoms with Gasteiger partial charge in [-0.05, 0) is 12.8 Å². The molecule has 0 N–H and O–H groups in total. The molecule has 7 nitrogen and oxygen atoms in total. The molecule has 0 radical (unpaired) electrons. The molecule has 0 saturated carbocycles. The summed E-state index contributed by atoms with van der Waals surface area (Å²) >= 11 is 0. The summed E-state index contributed by atoms with van der Waals surface area (Å²) in [4.78, 5) is 40.6. The fourth-order valence-electron chi connectivity index (χ4n) is 3.45. The predicted octanol–water partition coefficient (Wildman–Crippen LogP) is -0.685. The number of ether oxygens (including phenoxy) is 1. The van der Waals surface area contributed by atoms with Crippen LogP contribution >= 0.6 is 0 Å². The molecule has 0 bridgehead atoms. The summed E-state index contributed by atoms with van der Waals surface area (Å²) in [5.41, 5.74) is 0. The number of rotatable bonds is 4. The summed E-state index contributed by atoms with van der Waals surface area (Å²) in [6.07, 6.45) is 3.31. The normalized spacial score (nSPS) is 29.3. The van der Waals surface area contributed by atoms with Crippen molar-refractivity contribution < 1.29 is 19.1 Å². The first-order valence-corrected chi connectivity index (χ1v) is 8.05.